The second kappa shape index (κ2) is 9.88. The van der Waals surface area contributed by atoms with E-state index < -0.39 is 11.8 Å². The van der Waals surface area contributed by atoms with Crippen molar-refractivity contribution in [2.45, 2.75) is 6.92 Å². The third-order valence-corrected chi connectivity index (χ3v) is 5.59. The molecule has 1 fully saturated rings. The Bertz CT molecular complexity index is 1240. The number of halogens is 1. The molecule has 1 amide bonds. The smallest absolute Gasteiger partial charge is 0.356 e. The highest BCUT2D eigenvalue weighted by molar-refractivity contribution is 5.92. The largest absolute Gasteiger partial charge is 0.507 e. The van der Waals surface area contributed by atoms with Crippen LogP contribution in [0.4, 0.5) is 15.9 Å². The number of phenols is 1. The fourth-order valence-electron chi connectivity index (χ4n) is 3.92. The molecule has 0 aliphatic carbocycles. The van der Waals surface area contributed by atoms with Crippen LogP contribution >= 0.6 is 0 Å². The Morgan fingerprint density at radius 3 is 2.44 bits per heavy atom. The molecule has 0 unspecified atom stereocenters. The predicted octanol–water partition coefficient (Wildman–Crippen LogP) is 3.41. The lowest BCUT2D eigenvalue weighted by Gasteiger charge is -2.29. The Labute approximate surface area is 196 Å². The number of carbonyl (C=O) groups excluding carboxylic acids is 2. The molecule has 8 nitrogen and oxygen atoms in total. The van der Waals surface area contributed by atoms with Gasteiger partial charge in [-0.05, 0) is 35.4 Å². The minimum atomic E-state index is -0.615. The van der Waals surface area contributed by atoms with Gasteiger partial charge in [0.1, 0.15) is 17.4 Å². The number of piperazine rings is 1. The van der Waals surface area contributed by atoms with Crippen LogP contribution in [0.3, 0.4) is 0 Å². The zero-order chi connectivity index (χ0) is 24.2. The van der Waals surface area contributed by atoms with Gasteiger partial charge < -0.3 is 25.4 Å². The lowest BCUT2D eigenvalue weighted by Crippen LogP contribution is -2.44. The van der Waals surface area contributed by atoms with E-state index in [0.29, 0.717) is 28.1 Å². The Balaban J connectivity index is 1.78. The van der Waals surface area contributed by atoms with E-state index in [-0.39, 0.29) is 23.0 Å². The van der Waals surface area contributed by atoms with Gasteiger partial charge in [0.2, 0.25) is 5.91 Å². The van der Waals surface area contributed by atoms with Crippen molar-refractivity contribution in [1.82, 2.24) is 10.3 Å². The van der Waals surface area contributed by atoms with Gasteiger partial charge in [0.05, 0.1) is 12.8 Å². The molecule has 3 aromatic rings. The maximum atomic E-state index is 14.5. The Hall–Kier alpha value is -3.98. The first-order valence-electron chi connectivity index (χ1n) is 10.8. The van der Waals surface area contributed by atoms with E-state index in [0.717, 1.165) is 26.2 Å². The van der Waals surface area contributed by atoms with Gasteiger partial charge in [-0.3, -0.25) is 4.79 Å². The molecule has 0 atom stereocenters. The second-order valence-electron chi connectivity index (χ2n) is 7.91. The summed E-state index contributed by atoms with van der Waals surface area (Å²) in [5.41, 5.74) is 2.08. The molecule has 1 saturated heterocycles. The average Bonchev–Trinajstić information content (AvgIpc) is 2.85. The predicted molar refractivity (Wildman–Crippen MR) is 127 cm³/mol. The third kappa shape index (κ3) is 4.84. The van der Waals surface area contributed by atoms with Crippen LogP contribution in [0, 0.1) is 5.82 Å². The molecule has 0 spiro atoms. The average molecular weight is 464 g/mol. The van der Waals surface area contributed by atoms with Crippen LogP contribution in [0.1, 0.15) is 17.4 Å². The minimum Gasteiger partial charge on any atom is -0.507 e. The first kappa shape index (κ1) is 23.2. The lowest BCUT2D eigenvalue weighted by molar-refractivity contribution is -0.114. The molecular formula is C25H25FN4O4. The zero-order valence-corrected chi connectivity index (χ0v) is 18.9. The van der Waals surface area contributed by atoms with Crippen molar-refractivity contribution in [1.29, 1.82) is 0 Å². The number of hydrogen-bond donors (Lipinski definition) is 3. The first-order valence-corrected chi connectivity index (χ1v) is 10.8. The normalized spacial score (nSPS) is 13.4. The monoisotopic (exact) mass is 464 g/mol. The highest BCUT2D eigenvalue weighted by Crippen LogP contribution is 2.39. The number of anilines is 2. The lowest BCUT2D eigenvalue weighted by atomic mass is 9.97. The first-order chi connectivity index (χ1) is 16.4. The number of methoxy groups -OCH3 is 1. The number of benzene rings is 2. The topological polar surface area (TPSA) is 104 Å². The van der Waals surface area contributed by atoms with Crippen LogP contribution in [0.25, 0.3) is 22.3 Å². The van der Waals surface area contributed by atoms with Gasteiger partial charge in [0.25, 0.3) is 0 Å². The molecular weight excluding hydrogens is 439 g/mol. The van der Waals surface area contributed by atoms with Gasteiger partial charge in [0, 0.05) is 44.2 Å². The van der Waals surface area contributed by atoms with E-state index in [1.165, 1.54) is 26.2 Å². The molecule has 2 heterocycles. The molecule has 0 saturated carbocycles. The quantitative estimate of drug-likeness (QED) is 0.497. The number of para-hydroxylation sites is 1. The van der Waals surface area contributed by atoms with E-state index in [1.54, 1.807) is 30.3 Å². The summed E-state index contributed by atoms with van der Waals surface area (Å²) < 4.78 is 19.4. The molecule has 4 rings (SSSR count). The van der Waals surface area contributed by atoms with Crippen LogP contribution in [-0.2, 0) is 9.53 Å². The van der Waals surface area contributed by atoms with Crippen molar-refractivity contribution in [3.8, 4) is 28.0 Å². The molecule has 0 bridgehead atoms. The van der Waals surface area contributed by atoms with E-state index in [2.05, 4.69) is 20.5 Å². The summed E-state index contributed by atoms with van der Waals surface area (Å²) in [7, 11) is 1.29. The van der Waals surface area contributed by atoms with Gasteiger partial charge in [-0.25, -0.2) is 14.2 Å². The molecule has 1 aliphatic rings. The summed E-state index contributed by atoms with van der Waals surface area (Å²) >= 11 is 0. The number of carbonyl (C=O) groups is 2. The standard InChI is InChI=1S/C25H25FN4O4/c1-15(31)28-21-7-6-16(12-20(21)26)18-4-3-5-19(24(18)32)17-13-22(25(33)34-2)29-23(14-17)30-10-8-27-9-11-30/h3-7,12-14,27,32H,8-11H2,1-2H3,(H,28,31). The van der Waals surface area contributed by atoms with Crippen molar-refractivity contribution >= 4 is 23.4 Å². The number of amides is 1. The van der Waals surface area contributed by atoms with Gasteiger partial charge in [-0.15, -0.1) is 0 Å². The number of aromatic hydroxyl groups is 1. The highest BCUT2D eigenvalue weighted by Gasteiger charge is 2.20. The number of aromatic nitrogens is 1. The van der Waals surface area contributed by atoms with Gasteiger partial charge in [-0.2, -0.15) is 0 Å². The second-order valence-corrected chi connectivity index (χ2v) is 7.91. The summed E-state index contributed by atoms with van der Waals surface area (Å²) in [5, 5.41) is 16.8. The van der Waals surface area contributed by atoms with Gasteiger partial charge in [-0.1, -0.05) is 24.3 Å². The molecule has 0 radical (unpaired) electrons. The van der Waals surface area contributed by atoms with E-state index in [1.807, 2.05) is 6.07 Å². The number of rotatable bonds is 5. The van der Waals surface area contributed by atoms with Crippen molar-refractivity contribution in [3.63, 3.8) is 0 Å². The fourth-order valence-corrected chi connectivity index (χ4v) is 3.92. The SMILES string of the molecule is COC(=O)c1cc(-c2cccc(-c3ccc(NC(C)=O)c(F)c3)c2O)cc(N2CCNCC2)n1. The number of esters is 1. The minimum absolute atomic E-state index is 0.0596. The van der Waals surface area contributed by atoms with Crippen LogP contribution < -0.4 is 15.5 Å². The fraction of sp³-hybridized carbons (Fsp3) is 0.240. The van der Waals surface area contributed by atoms with Crippen molar-refractivity contribution in [2.75, 3.05) is 43.5 Å². The van der Waals surface area contributed by atoms with Gasteiger partial charge in [0.15, 0.2) is 5.69 Å². The Kier molecular flexibility index (Phi) is 6.74. The third-order valence-electron chi connectivity index (χ3n) is 5.59. The molecule has 1 aliphatic heterocycles. The van der Waals surface area contributed by atoms with Crippen LogP contribution in [-0.4, -0.2) is 55.3 Å². The number of ether oxygens (including phenoxy) is 1. The van der Waals surface area contributed by atoms with E-state index >= 15 is 0 Å². The van der Waals surface area contributed by atoms with Crippen molar-refractivity contribution in [2.24, 2.45) is 0 Å². The molecule has 3 N–H and O–H groups in total. The Morgan fingerprint density at radius 2 is 1.79 bits per heavy atom. The van der Waals surface area contributed by atoms with Gasteiger partial charge >= 0.3 is 5.97 Å². The number of nitrogens with one attached hydrogen (secondary N) is 2. The number of pyridine rings is 1. The van der Waals surface area contributed by atoms with Crippen molar-refractivity contribution < 1.29 is 23.8 Å². The molecule has 34 heavy (non-hydrogen) atoms. The summed E-state index contributed by atoms with van der Waals surface area (Å²) in [5.74, 6) is -1.03. The maximum Gasteiger partial charge on any atom is 0.356 e. The molecule has 9 heteroatoms. The van der Waals surface area contributed by atoms with E-state index in [4.69, 9.17) is 4.74 Å². The summed E-state index contributed by atoms with van der Waals surface area (Å²) in [6, 6.07) is 12.8. The number of nitrogens with zero attached hydrogens (tertiary/aromatic N) is 2. The van der Waals surface area contributed by atoms with E-state index in [9.17, 15) is 19.1 Å². The maximum absolute atomic E-state index is 14.5. The molecule has 2 aromatic carbocycles. The summed E-state index contributed by atoms with van der Waals surface area (Å²) in [4.78, 5) is 30.1. The summed E-state index contributed by atoms with van der Waals surface area (Å²) in [6.45, 7) is 4.33. The van der Waals surface area contributed by atoms with Crippen LogP contribution in [0.2, 0.25) is 0 Å². The van der Waals surface area contributed by atoms with Crippen LogP contribution in [0.5, 0.6) is 5.75 Å². The zero-order valence-electron chi connectivity index (χ0n) is 18.9. The molecule has 176 valence electrons. The molecule has 1 aromatic heterocycles. The van der Waals surface area contributed by atoms with Crippen molar-refractivity contribution in [3.05, 3.63) is 60.0 Å². The Morgan fingerprint density at radius 1 is 1.09 bits per heavy atom. The number of phenolic OH excluding ortho intramolecular Hbond substituents is 1. The highest BCUT2D eigenvalue weighted by atomic mass is 19.1. The summed E-state index contributed by atoms with van der Waals surface area (Å²) in [6.07, 6.45) is 0. The van der Waals surface area contributed by atoms with Crippen LogP contribution in [0.15, 0.2) is 48.5 Å². The number of hydrogen-bond acceptors (Lipinski definition) is 7.